The first kappa shape index (κ1) is 12.1. The highest BCUT2D eigenvalue weighted by Crippen LogP contribution is 2.15. The summed E-state index contributed by atoms with van der Waals surface area (Å²) in [6, 6.07) is 3.89. The van der Waals surface area contributed by atoms with Crippen molar-refractivity contribution in [3.8, 4) is 0 Å². The van der Waals surface area contributed by atoms with Crippen LogP contribution in [0.3, 0.4) is 0 Å². The maximum atomic E-state index is 13.3. The molecule has 0 amide bonds. The molecule has 1 unspecified atom stereocenters. The monoisotopic (exact) mass is 275 g/mol. The van der Waals surface area contributed by atoms with E-state index in [4.69, 9.17) is 10.5 Å². The quantitative estimate of drug-likeness (QED) is 0.860. The number of rotatable bonds is 3. The van der Waals surface area contributed by atoms with E-state index in [9.17, 15) is 9.18 Å². The van der Waals surface area contributed by atoms with Crippen LogP contribution in [-0.2, 0) is 4.74 Å². The number of carbonyl (C=O) groups is 1. The van der Waals surface area contributed by atoms with E-state index in [1.165, 1.54) is 12.1 Å². The Labute approximate surface area is 95.5 Å². The van der Waals surface area contributed by atoms with E-state index in [-0.39, 0.29) is 18.2 Å². The van der Waals surface area contributed by atoms with Crippen LogP contribution in [0.1, 0.15) is 17.3 Å². The van der Waals surface area contributed by atoms with E-state index in [2.05, 4.69) is 15.9 Å². The first-order valence-electron chi connectivity index (χ1n) is 4.38. The minimum atomic E-state index is -0.697. The first-order chi connectivity index (χ1) is 7.00. The van der Waals surface area contributed by atoms with E-state index in [0.29, 0.717) is 4.47 Å². The van der Waals surface area contributed by atoms with Gasteiger partial charge in [0.15, 0.2) is 0 Å². The SMILES string of the molecule is CC(N)COC(=O)c1ccc(Br)cc1F. The van der Waals surface area contributed by atoms with Gasteiger partial charge in [-0.05, 0) is 25.1 Å². The van der Waals surface area contributed by atoms with Crippen molar-refractivity contribution in [2.75, 3.05) is 6.61 Å². The topological polar surface area (TPSA) is 52.3 Å². The highest BCUT2D eigenvalue weighted by atomic mass is 79.9. The zero-order valence-electron chi connectivity index (χ0n) is 8.17. The molecule has 2 N–H and O–H groups in total. The van der Waals surface area contributed by atoms with Gasteiger partial charge < -0.3 is 10.5 Å². The number of nitrogens with two attached hydrogens (primary N) is 1. The molecular weight excluding hydrogens is 265 g/mol. The average Bonchev–Trinajstić information content (AvgIpc) is 2.14. The van der Waals surface area contributed by atoms with Gasteiger partial charge in [0.05, 0.1) is 5.56 Å². The van der Waals surface area contributed by atoms with Crippen molar-refractivity contribution in [1.29, 1.82) is 0 Å². The molecule has 3 nitrogen and oxygen atoms in total. The largest absolute Gasteiger partial charge is 0.460 e. The molecule has 82 valence electrons. The minimum absolute atomic E-state index is 0.0777. The number of hydrogen-bond acceptors (Lipinski definition) is 3. The summed E-state index contributed by atoms with van der Waals surface area (Å²) in [6.07, 6.45) is 0. The molecule has 1 aromatic carbocycles. The van der Waals surface area contributed by atoms with Gasteiger partial charge >= 0.3 is 5.97 Å². The molecule has 5 heteroatoms. The smallest absolute Gasteiger partial charge is 0.341 e. The number of hydrogen-bond donors (Lipinski definition) is 1. The van der Waals surface area contributed by atoms with Gasteiger partial charge in [0.1, 0.15) is 12.4 Å². The van der Waals surface area contributed by atoms with Crippen molar-refractivity contribution in [1.82, 2.24) is 0 Å². The Morgan fingerprint density at radius 3 is 2.87 bits per heavy atom. The molecule has 0 heterocycles. The van der Waals surface area contributed by atoms with Gasteiger partial charge in [-0.3, -0.25) is 0 Å². The molecule has 0 saturated heterocycles. The Bertz CT molecular complexity index is 368. The van der Waals surface area contributed by atoms with E-state index < -0.39 is 11.8 Å². The zero-order chi connectivity index (χ0) is 11.4. The van der Waals surface area contributed by atoms with Crippen molar-refractivity contribution in [2.45, 2.75) is 13.0 Å². The molecular formula is C10H11BrFNO2. The maximum absolute atomic E-state index is 13.3. The molecule has 0 radical (unpaired) electrons. The summed E-state index contributed by atoms with van der Waals surface area (Å²) >= 11 is 3.10. The maximum Gasteiger partial charge on any atom is 0.341 e. The molecule has 0 aliphatic rings. The van der Waals surface area contributed by atoms with Crippen LogP contribution in [0.15, 0.2) is 22.7 Å². The van der Waals surface area contributed by atoms with Crippen LogP contribution >= 0.6 is 15.9 Å². The highest BCUT2D eigenvalue weighted by molar-refractivity contribution is 9.10. The van der Waals surface area contributed by atoms with Gasteiger partial charge in [-0.25, -0.2) is 9.18 Å². The van der Waals surface area contributed by atoms with Gasteiger partial charge in [-0.15, -0.1) is 0 Å². The van der Waals surface area contributed by atoms with Crippen molar-refractivity contribution in [3.63, 3.8) is 0 Å². The molecule has 1 rings (SSSR count). The Morgan fingerprint density at radius 1 is 1.67 bits per heavy atom. The molecule has 0 aliphatic carbocycles. The van der Waals surface area contributed by atoms with Gasteiger partial charge in [0.2, 0.25) is 0 Å². The first-order valence-corrected chi connectivity index (χ1v) is 5.17. The molecule has 1 atom stereocenters. The summed E-state index contributed by atoms with van der Waals surface area (Å²) in [6.45, 7) is 1.78. The van der Waals surface area contributed by atoms with Crippen LogP contribution in [0.5, 0.6) is 0 Å². The minimum Gasteiger partial charge on any atom is -0.460 e. The lowest BCUT2D eigenvalue weighted by molar-refractivity contribution is 0.0482. The predicted octanol–water partition coefficient (Wildman–Crippen LogP) is 2.09. The number of benzene rings is 1. The number of esters is 1. The third-order valence-electron chi connectivity index (χ3n) is 1.63. The summed E-state index contributed by atoms with van der Waals surface area (Å²) in [4.78, 5) is 11.3. The number of ether oxygens (including phenoxy) is 1. The van der Waals surface area contributed by atoms with Gasteiger partial charge in [-0.2, -0.15) is 0 Å². The third kappa shape index (κ3) is 3.60. The highest BCUT2D eigenvalue weighted by Gasteiger charge is 2.13. The summed E-state index contributed by atoms with van der Waals surface area (Å²) in [5, 5.41) is 0. The molecule has 0 fully saturated rings. The summed E-state index contributed by atoms with van der Waals surface area (Å²) in [7, 11) is 0. The fourth-order valence-electron chi connectivity index (χ4n) is 0.940. The Hall–Kier alpha value is -0.940. The number of halogens is 2. The molecule has 0 saturated carbocycles. The summed E-state index contributed by atoms with van der Waals surface area (Å²) in [5.41, 5.74) is 5.32. The standard InChI is InChI=1S/C10H11BrFNO2/c1-6(13)5-15-10(14)8-3-2-7(11)4-9(8)12/h2-4,6H,5,13H2,1H3. The van der Waals surface area contributed by atoms with Crippen LogP contribution in [0, 0.1) is 5.82 Å². The van der Waals surface area contributed by atoms with Crippen LogP contribution in [0.2, 0.25) is 0 Å². The fraction of sp³-hybridized carbons (Fsp3) is 0.300. The van der Waals surface area contributed by atoms with Crippen LogP contribution in [0.4, 0.5) is 4.39 Å². The zero-order valence-corrected chi connectivity index (χ0v) is 9.75. The second-order valence-electron chi connectivity index (χ2n) is 3.20. The average molecular weight is 276 g/mol. The lowest BCUT2D eigenvalue weighted by Crippen LogP contribution is -2.24. The lowest BCUT2D eigenvalue weighted by Gasteiger charge is -2.07. The van der Waals surface area contributed by atoms with Crippen molar-refractivity contribution < 1.29 is 13.9 Å². The van der Waals surface area contributed by atoms with Crippen molar-refractivity contribution in [2.24, 2.45) is 5.73 Å². The van der Waals surface area contributed by atoms with Crippen LogP contribution in [0.25, 0.3) is 0 Å². The lowest BCUT2D eigenvalue weighted by atomic mass is 10.2. The van der Waals surface area contributed by atoms with Gasteiger partial charge in [0, 0.05) is 10.5 Å². The van der Waals surface area contributed by atoms with E-state index in [0.717, 1.165) is 0 Å². The van der Waals surface area contributed by atoms with E-state index in [1.54, 1.807) is 13.0 Å². The fourth-order valence-corrected chi connectivity index (χ4v) is 1.27. The molecule has 1 aromatic rings. The second kappa shape index (κ2) is 5.23. The second-order valence-corrected chi connectivity index (χ2v) is 4.12. The van der Waals surface area contributed by atoms with Crippen LogP contribution in [-0.4, -0.2) is 18.6 Å². The molecule has 0 aliphatic heterocycles. The van der Waals surface area contributed by atoms with Crippen molar-refractivity contribution in [3.05, 3.63) is 34.1 Å². The number of carbonyl (C=O) groups excluding carboxylic acids is 1. The predicted molar refractivity (Wildman–Crippen MR) is 58.0 cm³/mol. The Balaban J connectivity index is 2.74. The van der Waals surface area contributed by atoms with Gasteiger partial charge in [-0.1, -0.05) is 15.9 Å². The Morgan fingerprint density at radius 2 is 2.33 bits per heavy atom. The van der Waals surface area contributed by atoms with E-state index in [1.807, 2.05) is 0 Å². The Kier molecular flexibility index (Phi) is 4.23. The summed E-state index contributed by atoms with van der Waals surface area (Å²) < 4.78 is 18.6. The summed E-state index contributed by atoms with van der Waals surface area (Å²) in [5.74, 6) is -1.31. The van der Waals surface area contributed by atoms with Crippen LogP contribution < -0.4 is 5.73 Å². The normalized spacial score (nSPS) is 12.3. The molecule has 15 heavy (non-hydrogen) atoms. The van der Waals surface area contributed by atoms with E-state index >= 15 is 0 Å². The van der Waals surface area contributed by atoms with Crippen molar-refractivity contribution >= 4 is 21.9 Å². The molecule has 0 bridgehead atoms. The third-order valence-corrected chi connectivity index (χ3v) is 2.12. The molecule has 0 aromatic heterocycles. The molecule has 0 spiro atoms. The van der Waals surface area contributed by atoms with Gasteiger partial charge in [0.25, 0.3) is 0 Å².